The lowest BCUT2D eigenvalue weighted by Crippen LogP contribution is -2.63. The van der Waals surface area contributed by atoms with Crippen molar-refractivity contribution < 1.29 is 26.9 Å². The number of rotatable bonds is 7. The number of carbonyl (C=O) groups excluding carboxylic acids is 1. The lowest BCUT2D eigenvalue weighted by atomic mass is 9.96. The number of halogens is 3. The molecule has 23 heavy (non-hydrogen) atoms. The normalized spacial score (nSPS) is 15.5. The zero-order valence-electron chi connectivity index (χ0n) is 12.8. The van der Waals surface area contributed by atoms with Crippen LogP contribution in [0.25, 0.3) is 0 Å². The molecule has 128 valence electrons. The first kappa shape index (κ1) is 19.4. The van der Waals surface area contributed by atoms with Gasteiger partial charge in [-0.3, -0.25) is 0 Å². The van der Waals surface area contributed by atoms with Crippen LogP contribution in [0.1, 0.15) is 18.9 Å². The van der Waals surface area contributed by atoms with Gasteiger partial charge in [-0.05, 0) is 26.0 Å². The molecule has 0 heterocycles. The van der Waals surface area contributed by atoms with E-state index in [1.165, 1.54) is 19.1 Å². The van der Waals surface area contributed by atoms with Crippen LogP contribution in [0.3, 0.4) is 0 Å². The van der Waals surface area contributed by atoms with Gasteiger partial charge in [-0.25, -0.2) is 13.7 Å². The highest BCUT2D eigenvalue weighted by atomic mass is 32.2. The van der Waals surface area contributed by atoms with Crippen molar-refractivity contribution in [3.05, 3.63) is 42.5 Å². The van der Waals surface area contributed by atoms with Crippen molar-refractivity contribution in [2.24, 2.45) is 0 Å². The van der Waals surface area contributed by atoms with Crippen LogP contribution >= 0.6 is 0 Å². The molecule has 0 aliphatic rings. The van der Waals surface area contributed by atoms with Gasteiger partial charge >= 0.3 is 12.1 Å². The van der Waals surface area contributed by atoms with Gasteiger partial charge in [0, 0.05) is 6.42 Å². The second-order valence-corrected chi connectivity index (χ2v) is 6.01. The standard InChI is InChI=1S/C15H18F3NO3S/c1-4-10-14(15(16,17)18,13(20)22-5-2)19-23(21)12-8-6-11(3)7-9-12/h4,6-9,19H,1,5,10H2,2-3H3/t14-,23?/m0/s1. The van der Waals surface area contributed by atoms with Gasteiger partial charge in [-0.15, -0.1) is 6.58 Å². The second-order valence-electron chi connectivity index (χ2n) is 4.80. The maximum absolute atomic E-state index is 13.5. The van der Waals surface area contributed by atoms with Gasteiger partial charge < -0.3 is 4.74 Å². The monoisotopic (exact) mass is 349 g/mol. The molecule has 1 rings (SSSR count). The van der Waals surface area contributed by atoms with Gasteiger partial charge in [-0.2, -0.15) is 13.2 Å². The average molecular weight is 349 g/mol. The van der Waals surface area contributed by atoms with Crippen LogP contribution < -0.4 is 4.72 Å². The van der Waals surface area contributed by atoms with Crippen LogP contribution in [0.2, 0.25) is 0 Å². The van der Waals surface area contributed by atoms with Gasteiger partial charge in [0.25, 0.3) is 0 Å². The molecular weight excluding hydrogens is 331 g/mol. The minimum Gasteiger partial charge on any atom is -0.464 e. The van der Waals surface area contributed by atoms with Gasteiger partial charge in [0.1, 0.15) is 11.0 Å². The van der Waals surface area contributed by atoms with Crippen LogP contribution in [0.5, 0.6) is 0 Å². The van der Waals surface area contributed by atoms with E-state index in [0.717, 1.165) is 11.6 Å². The molecule has 8 heteroatoms. The van der Waals surface area contributed by atoms with Crippen LogP contribution in [0.15, 0.2) is 41.8 Å². The van der Waals surface area contributed by atoms with Crippen LogP contribution in [0, 0.1) is 6.92 Å². The maximum Gasteiger partial charge on any atom is 0.418 e. The van der Waals surface area contributed by atoms with E-state index in [0.29, 0.717) is 0 Å². The molecule has 4 nitrogen and oxygen atoms in total. The summed E-state index contributed by atoms with van der Waals surface area (Å²) < 4.78 is 59.3. The topological polar surface area (TPSA) is 55.4 Å². The third kappa shape index (κ3) is 4.42. The van der Waals surface area contributed by atoms with Crippen LogP contribution in [0.4, 0.5) is 13.2 Å². The Morgan fingerprint density at radius 1 is 1.35 bits per heavy atom. The molecule has 2 atom stereocenters. The van der Waals surface area contributed by atoms with E-state index < -0.39 is 35.1 Å². The minimum absolute atomic E-state index is 0.123. The number of aryl methyl sites for hydroxylation is 1. The SMILES string of the molecule is C=CC[C@](NS(=O)c1ccc(C)cc1)(C(=O)OCC)C(F)(F)F. The van der Waals surface area contributed by atoms with Crippen molar-refractivity contribution in [3.63, 3.8) is 0 Å². The Bertz CT molecular complexity index is 587. The first-order chi connectivity index (χ1) is 10.7. The summed E-state index contributed by atoms with van der Waals surface area (Å²) in [5.74, 6) is -1.53. The van der Waals surface area contributed by atoms with Gasteiger partial charge in [0.15, 0.2) is 0 Å². The molecule has 1 N–H and O–H groups in total. The minimum atomic E-state index is -5.01. The van der Waals surface area contributed by atoms with E-state index in [-0.39, 0.29) is 11.5 Å². The first-order valence-electron chi connectivity index (χ1n) is 6.79. The fraction of sp³-hybridized carbons (Fsp3) is 0.400. The summed E-state index contributed by atoms with van der Waals surface area (Å²) in [7, 11) is -2.25. The molecule has 0 bridgehead atoms. The van der Waals surface area contributed by atoms with Crippen LogP contribution in [-0.4, -0.2) is 28.5 Å². The van der Waals surface area contributed by atoms with E-state index in [1.807, 2.05) is 4.72 Å². The quantitative estimate of drug-likeness (QED) is 0.608. The summed E-state index contributed by atoms with van der Waals surface area (Å²) >= 11 is 0. The zero-order valence-corrected chi connectivity index (χ0v) is 13.6. The van der Waals surface area contributed by atoms with Crippen molar-refractivity contribution in [2.45, 2.75) is 36.9 Å². The van der Waals surface area contributed by atoms with Crippen molar-refractivity contribution >= 4 is 17.0 Å². The molecule has 0 aromatic heterocycles. The Morgan fingerprint density at radius 3 is 2.35 bits per heavy atom. The number of nitrogens with one attached hydrogen (secondary N) is 1. The first-order valence-corrected chi connectivity index (χ1v) is 7.94. The van der Waals surface area contributed by atoms with Crippen molar-refractivity contribution in [3.8, 4) is 0 Å². The molecule has 0 amide bonds. The maximum atomic E-state index is 13.5. The lowest BCUT2D eigenvalue weighted by Gasteiger charge is -2.32. The van der Waals surface area contributed by atoms with Crippen molar-refractivity contribution in [1.82, 2.24) is 4.72 Å². The highest BCUT2D eigenvalue weighted by molar-refractivity contribution is 7.83. The Labute approximate surface area is 135 Å². The van der Waals surface area contributed by atoms with E-state index in [4.69, 9.17) is 0 Å². The fourth-order valence-electron chi connectivity index (χ4n) is 1.81. The third-order valence-corrected chi connectivity index (χ3v) is 4.29. The highest BCUT2D eigenvalue weighted by Gasteiger charge is 2.62. The molecule has 0 saturated carbocycles. The van der Waals surface area contributed by atoms with Gasteiger partial charge in [-0.1, -0.05) is 23.8 Å². The summed E-state index contributed by atoms with van der Waals surface area (Å²) in [6.45, 7) is 6.20. The number of ether oxygens (including phenoxy) is 1. The number of benzene rings is 1. The molecule has 0 fully saturated rings. The summed E-state index contributed by atoms with van der Waals surface area (Å²) in [4.78, 5) is 12.1. The van der Waals surface area contributed by atoms with Crippen molar-refractivity contribution in [1.29, 1.82) is 0 Å². The number of esters is 1. The molecule has 1 aromatic rings. The molecule has 1 unspecified atom stereocenters. The molecular formula is C15H18F3NO3S. The third-order valence-electron chi connectivity index (χ3n) is 3.06. The summed E-state index contributed by atoms with van der Waals surface area (Å²) in [5, 5.41) is 0. The fourth-order valence-corrected chi connectivity index (χ4v) is 2.91. The second kappa shape index (κ2) is 7.74. The number of carbonyl (C=O) groups is 1. The molecule has 0 aliphatic carbocycles. The molecule has 1 aromatic carbocycles. The Balaban J connectivity index is 3.23. The van der Waals surface area contributed by atoms with Crippen LogP contribution in [-0.2, 0) is 20.5 Å². The lowest BCUT2D eigenvalue weighted by molar-refractivity contribution is -0.208. The average Bonchev–Trinajstić information content (AvgIpc) is 2.46. The Morgan fingerprint density at radius 2 is 1.91 bits per heavy atom. The predicted octanol–water partition coefficient (Wildman–Crippen LogP) is 3.05. The molecule has 0 radical (unpaired) electrons. The van der Waals surface area contributed by atoms with Crippen molar-refractivity contribution in [2.75, 3.05) is 6.61 Å². The zero-order chi connectivity index (χ0) is 17.7. The Kier molecular flexibility index (Phi) is 6.52. The summed E-state index contributed by atoms with van der Waals surface area (Å²) in [6.07, 6.45) is -4.87. The largest absolute Gasteiger partial charge is 0.464 e. The van der Waals surface area contributed by atoms with E-state index in [1.54, 1.807) is 19.1 Å². The molecule has 0 spiro atoms. The highest BCUT2D eigenvalue weighted by Crippen LogP contribution is 2.35. The van der Waals surface area contributed by atoms with E-state index in [9.17, 15) is 22.2 Å². The molecule has 0 aliphatic heterocycles. The number of hydrogen-bond acceptors (Lipinski definition) is 3. The predicted molar refractivity (Wildman–Crippen MR) is 81.0 cm³/mol. The number of alkyl halides is 3. The summed E-state index contributed by atoms with van der Waals surface area (Å²) in [5.41, 5.74) is -2.25. The Hall–Kier alpha value is -1.67. The van der Waals surface area contributed by atoms with Gasteiger partial charge in [0.05, 0.1) is 11.5 Å². The molecule has 0 saturated heterocycles. The van der Waals surface area contributed by atoms with E-state index >= 15 is 0 Å². The smallest absolute Gasteiger partial charge is 0.418 e. The summed E-state index contributed by atoms with van der Waals surface area (Å²) in [6, 6.07) is 6.08. The number of hydrogen-bond donors (Lipinski definition) is 1. The van der Waals surface area contributed by atoms with Gasteiger partial charge in [0.2, 0.25) is 5.54 Å². The van der Waals surface area contributed by atoms with E-state index in [2.05, 4.69) is 11.3 Å².